The summed E-state index contributed by atoms with van der Waals surface area (Å²) in [5, 5.41) is 11.8. The van der Waals surface area contributed by atoms with Gasteiger partial charge in [0.05, 0.1) is 29.2 Å². The molecule has 1 fully saturated rings. The van der Waals surface area contributed by atoms with Crippen LogP contribution in [0.25, 0.3) is 5.69 Å². The van der Waals surface area contributed by atoms with Crippen LogP contribution in [0.15, 0.2) is 36.5 Å². The number of methoxy groups -OCH3 is 1. The summed E-state index contributed by atoms with van der Waals surface area (Å²) in [6.45, 7) is 0. The lowest BCUT2D eigenvalue weighted by Gasteiger charge is -2.36. The molecule has 3 rings (SSSR count). The van der Waals surface area contributed by atoms with E-state index in [1.807, 2.05) is 55.4 Å². The lowest BCUT2D eigenvalue weighted by Crippen LogP contribution is -2.43. The van der Waals surface area contributed by atoms with E-state index in [-0.39, 0.29) is 11.6 Å². The topological polar surface area (TPSA) is 52.0 Å². The zero-order chi connectivity index (χ0) is 14.7. The van der Waals surface area contributed by atoms with Crippen molar-refractivity contribution in [3.8, 4) is 5.69 Å². The Morgan fingerprint density at radius 2 is 1.95 bits per heavy atom. The maximum Gasteiger partial charge on any atom is 0.0888 e. The molecule has 1 aliphatic rings. The second kappa shape index (κ2) is 5.95. The van der Waals surface area contributed by atoms with E-state index in [1.54, 1.807) is 0 Å². The first-order valence-electron chi connectivity index (χ1n) is 7.49. The fourth-order valence-corrected chi connectivity index (χ4v) is 3.47. The third-order valence-corrected chi connectivity index (χ3v) is 4.54. The highest BCUT2D eigenvalue weighted by atomic mass is 16.5. The quantitative estimate of drug-likeness (QED) is 0.917. The van der Waals surface area contributed by atoms with E-state index in [0.29, 0.717) is 0 Å². The number of nitrogens with one attached hydrogen (secondary N) is 1. The van der Waals surface area contributed by atoms with Gasteiger partial charge >= 0.3 is 0 Å². The third-order valence-electron chi connectivity index (χ3n) is 4.54. The van der Waals surface area contributed by atoms with E-state index in [2.05, 4.69) is 15.6 Å². The fraction of sp³-hybridized carbons (Fsp3) is 0.500. The molecule has 1 heterocycles. The van der Waals surface area contributed by atoms with Gasteiger partial charge in [-0.05, 0) is 32.0 Å². The van der Waals surface area contributed by atoms with Gasteiger partial charge < -0.3 is 10.1 Å². The van der Waals surface area contributed by atoms with Crippen molar-refractivity contribution in [1.29, 1.82) is 0 Å². The van der Waals surface area contributed by atoms with Crippen LogP contribution in [0.1, 0.15) is 37.4 Å². The minimum absolute atomic E-state index is 0.0835. The number of likely N-dealkylation sites (N-methyl/N-ethyl adjacent to an activating group) is 1. The molecular weight excluding hydrogens is 264 g/mol. The third kappa shape index (κ3) is 2.47. The molecule has 1 aliphatic carbocycles. The number of ether oxygens (including phenoxy) is 1. The number of hydrogen-bond acceptors (Lipinski definition) is 4. The first-order valence-corrected chi connectivity index (χ1v) is 7.49. The molecule has 0 spiro atoms. The van der Waals surface area contributed by atoms with Crippen molar-refractivity contribution in [2.75, 3.05) is 14.2 Å². The Hall–Kier alpha value is -1.72. The van der Waals surface area contributed by atoms with Crippen molar-refractivity contribution >= 4 is 0 Å². The molecule has 112 valence electrons. The normalized spacial score (nSPS) is 18.8. The second-order valence-electron chi connectivity index (χ2n) is 5.60. The Bertz CT molecular complexity index is 575. The van der Waals surface area contributed by atoms with Gasteiger partial charge in [0.2, 0.25) is 0 Å². The molecule has 1 unspecified atom stereocenters. The van der Waals surface area contributed by atoms with E-state index < -0.39 is 0 Å². The predicted octanol–water partition coefficient (Wildman–Crippen LogP) is 2.49. The molecule has 0 radical (unpaired) electrons. The molecule has 0 bridgehead atoms. The van der Waals surface area contributed by atoms with Crippen molar-refractivity contribution in [1.82, 2.24) is 20.3 Å². The lowest BCUT2D eigenvalue weighted by atomic mass is 9.89. The van der Waals surface area contributed by atoms with Crippen LogP contribution in [-0.2, 0) is 4.74 Å². The number of hydrogen-bond donors (Lipinski definition) is 1. The van der Waals surface area contributed by atoms with Gasteiger partial charge in [-0.25, -0.2) is 4.68 Å². The van der Waals surface area contributed by atoms with Gasteiger partial charge in [-0.3, -0.25) is 0 Å². The molecule has 0 amide bonds. The molecule has 21 heavy (non-hydrogen) atoms. The number of para-hydroxylation sites is 1. The molecular formula is C16H22N4O. The van der Waals surface area contributed by atoms with Crippen molar-refractivity contribution in [2.45, 2.75) is 37.3 Å². The van der Waals surface area contributed by atoms with Crippen LogP contribution in [0.4, 0.5) is 0 Å². The van der Waals surface area contributed by atoms with Gasteiger partial charge in [0.25, 0.3) is 0 Å². The minimum atomic E-state index is -0.164. The van der Waals surface area contributed by atoms with Crippen LogP contribution in [0, 0.1) is 0 Å². The van der Waals surface area contributed by atoms with E-state index >= 15 is 0 Å². The summed E-state index contributed by atoms with van der Waals surface area (Å²) in [4.78, 5) is 0. The molecule has 1 aromatic carbocycles. The van der Waals surface area contributed by atoms with E-state index in [4.69, 9.17) is 4.74 Å². The monoisotopic (exact) mass is 286 g/mol. The summed E-state index contributed by atoms with van der Waals surface area (Å²) in [5.41, 5.74) is 1.91. The van der Waals surface area contributed by atoms with Crippen LogP contribution < -0.4 is 5.32 Å². The lowest BCUT2D eigenvalue weighted by molar-refractivity contribution is -0.0365. The van der Waals surface area contributed by atoms with Crippen LogP contribution in [0.2, 0.25) is 0 Å². The molecule has 0 aliphatic heterocycles. The summed E-state index contributed by atoms with van der Waals surface area (Å²) >= 11 is 0. The molecule has 5 heteroatoms. The molecule has 1 atom stereocenters. The maximum absolute atomic E-state index is 5.94. The summed E-state index contributed by atoms with van der Waals surface area (Å²) < 4.78 is 7.84. The summed E-state index contributed by atoms with van der Waals surface area (Å²) in [7, 11) is 3.79. The predicted molar refractivity (Wildman–Crippen MR) is 81.4 cm³/mol. The molecule has 5 nitrogen and oxygen atoms in total. The van der Waals surface area contributed by atoms with E-state index in [1.165, 1.54) is 12.8 Å². The zero-order valence-electron chi connectivity index (χ0n) is 12.6. The van der Waals surface area contributed by atoms with Crippen molar-refractivity contribution in [3.63, 3.8) is 0 Å². The largest absolute Gasteiger partial charge is 0.376 e. The van der Waals surface area contributed by atoms with Crippen molar-refractivity contribution in [3.05, 3.63) is 42.2 Å². The first kappa shape index (κ1) is 14.2. The minimum Gasteiger partial charge on any atom is -0.376 e. The SMILES string of the molecule is CNC(c1cnnn1-c1ccccc1)C1(OC)CCCC1. The van der Waals surface area contributed by atoms with Crippen LogP contribution >= 0.6 is 0 Å². The van der Waals surface area contributed by atoms with Crippen molar-refractivity contribution < 1.29 is 4.74 Å². The number of rotatable bonds is 5. The van der Waals surface area contributed by atoms with Gasteiger partial charge in [0, 0.05) is 7.11 Å². The molecule has 1 N–H and O–H groups in total. The Labute approximate surface area is 125 Å². The van der Waals surface area contributed by atoms with E-state index in [9.17, 15) is 0 Å². The molecule has 1 aromatic heterocycles. The maximum atomic E-state index is 5.94. The molecule has 1 saturated carbocycles. The van der Waals surface area contributed by atoms with Crippen LogP contribution in [0.5, 0.6) is 0 Å². The Balaban J connectivity index is 2.01. The first-order chi connectivity index (χ1) is 10.3. The highest BCUT2D eigenvalue weighted by Gasteiger charge is 2.43. The zero-order valence-corrected chi connectivity index (χ0v) is 12.6. The average Bonchev–Trinajstić information content (AvgIpc) is 3.19. The summed E-state index contributed by atoms with van der Waals surface area (Å²) in [6.07, 6.45) is 6.38. The molecule has 0 saturated heterocycles. The van der Waals surface area contributed by atoms with E-state index in [0.717, 1.165) is 24.2 Å². The fourth-order valence-electron chi connectivity index (χ4n) is 3.47. The average molecular weight is 286 g/mol. The highest BCUT2D eigenvalue weighted by molar-refractivity contribution is 5.33. The number of benzene rings is 1. The van der Waals surface area contributed by atoms with Gasteiger partial charge in [-0.1, -0.05) is 36.3 Å². The van der Waals surface area contributed by atoms with Gasteiger partial charge in [-0.2, -0.15) is 0 Å². The summed E-state index contributed by atoms with van der Waals surface area (Å²) in [6, 6.07) is 10.2. The Morgan fingerprint density at radius 3 is 2.57 bits per heavy atom. The van der Waals surface area contributed by atoms with Gasteiger partial charge in [0.1, 0.15) is 0 Å². The van der Waals surface area contributed by atoms with Gasteiger partial charge in [0.15, 0.2) is 0 Å². The van der Waals surface area contributed by atoms with Crippen molar-refractivity contribution in [2.24, 2.45) is 0 Å². The summed E-state index contributed by atoms with van der Waals surface area (Å²) in [5.74, 6) is 0. The second-order valence-corrected chi connectivity index (χ2v) is 5.60. The molecule has 2 aromatic rings. The Kier molecular flexibility index (Phi) is 4.03. The number of aromatic nitrogens is 3. The van der Waals surface area contributed by atoms with Crippen LogP contribution in [-0.4, -0.2) is 34.8 Å². The standard InChI is InChI=1S/C16H22N4O/c1-17-15(16(21-2)10-6-7-11-16)14-12-18-19-20(14)13-8-4-3-5-9-13/h3-5,8-9,12,15,17H,6-7,10-11H2,1-2H3. The Morgan fingerprint density at radius 1 is 1.24 bits per heavy atom. The number of nitrogens with zero attached hydrogens (tertiary/aromatic N) is 3. The van der Waals surface area contributed by atoms with Gasteiger partial charge in [-0.15, -0.1) is 5.10 Å². The van der Waals surface area contributed by atoms with Crippen LogP contribution in [0.3, 0.4) is 0 Å². The smallest absolute Gasteiger partial charge is 0.0888 e. The highest BCUT2D eigenvalue weighted by Crippen LogP contribution is 2.42.